The van der Waals surface area contributed by atoms with Gasteiger partial charge < -0.3 is 20.1 Å². The van der Waals surface area contributed by atoms with Gasteiger partial charge in [-0.25, -0.2) is 4.79 Å². The number of benzene rings is 1. The van der Waals surface area contributed by atoms with E-state index in [9.17, 15) is 9.90 Å². The van der Waals surface area contributed by atoms with Gasteiger partial charge in [0.25, 0.3) is 0 Å². The molecule has 2 heterocycles. The molecule has 6 heteroatoms. The van der Waals surface area contributed by atoms with Crippen LogP contribution in [0.2, 0.25) is 0 Å². The first-order valence-corrected chi connectivity index (χ1v) is 8.03. The number of nitrogens with one attached hydrogen (secondary N) is 1. The van der Waals surface area contributed by atoms with Crippen LogP contribution in [0, 0.1) is 6.92 Å². The molecule has 2 amide bonds. The van der Waals surface area contributed by atoms with Crippen LogP contribution >= 0.6 is 0 Å². The Kier molecular flexibility index (Phi) is 4.55. The van der Waals surface area contributed by atoms with Gasteiger partial charge in [0.05, 0.1) is 24.5 Å². The number of ether oxygens (including phenoxy) is 1. The lowest BCUT2D eigenvalue weighted by molar-refractivity contribution is 0.200. The fourth-order valence-corrected chi connectivity index (χ4v) is 2.79. The molecule has 0 bridgehead atoms. The number of fused-ring (bicyclic) bond motifs is 1. The van der Waals surface area contributed by atoms with Gasteiger partial charge in [0.1, 0.15) is 18.1 Å². The Morgan fingerprint density at radius 2 is 2.25 bits per heavy atom. The highest BCUT2D eigenvalue weighted by Crippen LogP contribution is 2.27. The predicted molar refractivity (Wildman–Crippen MR) is 91.4 cm³/mol. The van der Waals surface area contributed by atoms with Crippen LogP contribution in [0.25, 0.3) is 0 Å². The van der Waals surface area contributed by atoms with Crippen LogP contribution < -0.4 is 10.1 Å². The Labute approximate surface area is 141 Å². The summed E-state index contributed by atoms with van der Waals surface area (Å²) in [5, 5.41) is 12.6. The fourth-order valence-electron chi connectivity index (χ4n) is 2.79. The summed E-state index contributed by atoms with van der Waals surface area (Å²) < 4.78 is 5.66. The lowest BCUT2D eigenvalue weighted by atomic mass is 10.1. The molecule has 24 heavy (non-hydrogen) atoms. The van der Waals surface area contributed by atoms with Crippen molar-refractivity contribution in [2.24, 2.45) is 0 Å². The van der Waals surface area contributed by atoms with Gasteiger partial charge in [-0.15, -0.1) is 0 Å². The van der Waals surface area contributed by atoms with Gasteiger partial charge in [0.15, 0.2) is 0 Å². The van der Waals surface area contributed by atoms with Crippen molar-refractivity contribution < 1.29 is 14.6 Å². The SMILES string of the molecule is CCc1nccc(C)c1NC(=O)N1CCOc2ccc(O)cc2C1. The first kappa shape index (κ1) is 16.1. The second-order valence-corrected chi connectivity index (χ2v) is 5.80. The van der Waals surface area contributed by atoms with E-state index in [0.29, 0.717) is 25.4 Å². The summed E-state index contributed by atoms with van der Waals surface area (Å²) in [6.07, 6.45) is 2.50. The molecule has 0 radical (unpaired) electrons. The van der Waals surface area contributed by atoms with Crippen LogP contribution in [0.3, 0.4) is 0 Å². The summed E-state index contributed by atoms with van der Waals surface area (Å²) in [4.78, 5) is 18.7. The number of hydrogen-bond donors (Lipinski definition) is 2. The molecule has 0 atom stereocenters. The van der Waals surface area contributed by atoms with Crippen LogP contribution in [-0.4, -0.2) is 34.2 Å². The van der Waals surface area contributed by atoms with Crippen LogP contribution in [0.5, 0.6) is 11.5 Å². The van der Waals surface area contributed by atoms with E-state index < -0.39 is 0 Å². The van der Waals surface area contributed by atoms with E-state index in [-0.39, 0.29) is 11.8 Å². The summed E-state index contributed by atoms with van der Waals surface area (Å²) >= 11 is 0. The zero-order valence-corrected chi connectivity index (χ0v) is 13.9. The van der Waals surface area contributed by atoms with E-state index >= 15 is 0 Å². The maximum atomic E-state index is 12.7. The van der Waals surface area contributed by atoms with E-state index in [4.69, 9.17) is 4.74 Å². The smallest absolute Gasteiger partial charge is 0.322 e. The van der Waals surface area contributed by atoms with Crippen LogP contribution in [0.4, 0.5) is 10.5 Å². The minimum absolute atomic E-state index is 0.163. The molecule has 1 aromatic carbocycles. The molecule has 1 aromatic heterocycles. The number of hydrogen-bond acceptors (Lipinski definition) is 4. The number of phenolic OH excluding ortho intramolecular Hbond substituents is 1. The highest BCUT2D eigenvalue weighted by molar-refractivity contribution is 5.90. The maximum absolute atomic E-state index is 12.7. The molecule has 0 fully saturated rings. The molecule has 2 aromatic rings. The lowest BCUT2D eigenvalue weighted by Crippen LogP contribution is -2.36. The van der Waals surface area contributed by atoms with E-state index in [1.165, 1.54) is 0 Å². The average Bonchev–Trinajstić information content (AvgIpc) is 2.78. The number of nitrogens with zero attached hydrogens (tertiary/aromatic N) is 2. The molecule has 126 valence electrons. The maximum Gasteiger partial charge on any atom is 0.322 e. The monoisotopic (exact) mass is 327 g/mol. The molecule has 0 unspecified atom stereocenters. The summed E-state index contributed by atoms with van der Waals surface area (Å²) in [5.74, 6) is 0.867. The van der Waals surface area contributed by atoms with E-state index in [2.05, 4.69) is 10.3 Å². The highest BCUT2D eigenvalue weighted by Gasteiger charge is 2.21. The molecular weight excluding hydrogens is 306 g/mol. The summed E-state index contributed by atoms with van der Waals surface area (Å²) in [5.41, 5.74) is 3.42. The van der Waals surface area contributed by atoms with E-state index in [1.54, 1.807) is 29.3 Å². The molecule has 3 rings (SSSR count). The molecule has 0 aliphatic carbocycles. The van der Waals surface area contributed by atoms with Crippen molar-refractivity contribution in [3.8, 4) is 11.5 Å². The van der Waals surface area contributed by atoms with Gasteiger partial charge >= 0.3 is 6.03 Å². The number of amides is 2. The van der Waals surface area contributed by atoms with Gasteiger partial charge in [0, 0.05) is 11.8 Å². The summed E-state index contributed by atoms with van der Waals surface area (Å²) in [6, 6.07) is 6.63. The molecular formula is C18H21N3O3. The zero-order valence-electron chi connectivity index (χ0n) is 13.9. The van der Waals surface area contributed by atoms with Crippen molar-refractivity contribution in [1.82, 2.24) is 9.88 Å². The van der Waals surface area contributed by atoms with Gasteiger partial charge in [-0.3, -0.25) is 4.98 Å². The van der Waals surface area contributed by atoms with Gasteiger partial charge in [-0.2, -0.15) is 0 Å². The number of anilines is 1. The second kappa shape index (κ2) is 6.78. The second-order valence-electron chi connectivity index (χ2n) is 5.80. The van der Waals surface area contributed by atoms with Crippen LogP contribution in [0.15, 0.2) is 30.5 Å². The minimum Gasteiger partial charge on any atom is -0.508 e. The third-order valence-electron chi connectivity index (χ3n) is 4.12. The van der Waals surface area contributed by atoms with Gasteiger partial charge in [-0.1, -0.05) is 6.92 Å². The number of aromatic hydroxyl groups is 1. The van der Waals surface area contributed by atoms with Crippen molar-refractivity contribution in [1.29, 1.82) is 0 Å². The molecule has 1 aliphatic rings. The normalized spacial score (nSPS) is 13.7. The zero-order chi connectivity index (χ0) is 17.1. The Morgan fingerprint density at radius 1 is 1.42 bits per heavy atom. The number of carbonyl (C=O) groups excluding carboxylic acids is 1. The Balaban J connectivity index is 1.81. The Bertz CT molecular complexity index is 761. The number of rotatable bonds is 2. The predicted octanol–water partition coefficient (Wildman–Crippen LogP) is 3.08. The van der Waals surface area contributed by atoms with Crippen molar-refractivity contribution in [2.45, 2.75) is 26.8 Å². The molecule has 2 N–H and O–H groups in total. The van der Waals surface area contributed by atoms with Gasteiger partial charge in [0.2, 0.25) is 0 Å². The largest absolute Gasteiger partial charge is 0.508 e. The van der Waals surface area contributed by atoms with E-state index in [0.717, 1.165) is 28.9 Å². The quantitative estimate of drug-likeness (QED) is 0.889. The fraction of sp³-hybridized carbons (Fsp3) is 0.333. The van der Waals surface area contributed by atoms with Crippen molar-refractivity contribution in [3.05, 3.63) is 47.3 Å². The molecule has 6 nitrogen and oxygen atoms in total. The molecule has 0 spiro atoms. The third kappa shape index (κ3) is 3.27. The van der Waals surface area contributed by atoms with Crippen molar-refractivity contribution in [2.75, 3.05) is 18.5 Å². The number of pyridine rings is 1. The van der Waals surface area contributed by atoms with Gasteiger partial charge in [-0.05, 0) is 43.2 Å². The highest BCUT2D eigenvalue weighted by atomic mass is 16.5. The van der Waals surface area contributed by atoms with Crippen LogP contribution in [-0.2, 0) is 13.0 Å². The van der Waals surface area contributed by atoms with Crippen molar-refractivity contribution >= 4 is 11.7 Å². The third-order valence-corrected chi connectivity index (χ3v) is 4.12. The number of carbonyl (C=O) groups is 1. The summed E-state index contributed by atoms with van der Waals surface area (Å²) in [7, 11) is 0. The molecule has 0 saturated heterocycles. The Morgan fingerprint density at radius 3 is 3.04 bits per heavy atom. The molecule has 1 aliphatic heterocycles. The first-order valence-electron chi connectivity index (χ1n) is 8.03. The Hall–Kier alpha value is -2.76. The average molecular weight is 327 g/mol. The topological polar surface area (TPSA) is 74.7 Å². The number of aromatic nitrogens is 1. The molecule has 0 saturated carbocycles. The van der Waals surface area contributed by atoms with Crippen molar-refractivity contribution in [3.63, 3.8) is 0 Å². The van der Waals surface area contributed by atoms with E-state index in [1.807, 2.05) is 19.9 Å². The number of aryl methyl sites for hydroxylation is 2. The number of urea groups is 1. The number of phenols is 1. The first-order chi connectivity index (χ1) is 11.6. The summed E-state index contributed by atoms with van der Waals surface area (Å²) in [6.45, 7) is 5.24. The minimum atomic E-state index is -0.194. The van der Waals surface area contributed by atoms with Crippen LogP contribution in [0.1, 0.15) is 23.7 Å². The standard InChI is InChI=1S/C18H21N3O3/c1-3-15-17(12(2)6-7-19-15)20-18(23)21-8-9-24-16-5-4-14(22)10-13(16)11-21/h4-7,10,22H,3,8-9,11H2,1-2H3,(H,20,23). The lowest BCUT2D eigenvalue weighted by Gasteiger charge is -2.22.